The van der Waals surface area contributed by atoms with Crippen LogP contribution >= 0.6 is 0 Å². The summed E-state index contributed by atoms with van der Waals surface area (Å²) in [4.78, 5) is 14.5. The van der Waals surface area contributed by atoms with Gasteiger partial charge in [-0.2, -0.15) is 0 Å². The van der Waals surface area contributed by atoms with Crippen LogP contribution in [-0.2, 0) is 4.79 Å². The minimum Gasteiger partial charge on any atom is -0.391 e. The zero-order valence-corrected chi connectivity index (χ0v) is 12.4. The predicted octanol–water partition coefficient (Wildman–Crippen LogP) is 1.23. The molecule has 0 bridgehead atoms. The van der Waals surface area contributed by atoms with Crippen LogP contribution in [0.15, 0.2) is 0 Å². The molecule has 1 heterocycles. The van der Waals surface area contributed by atoms with Crippen molar-refractivity contribution in [2.45, 2.75) is 52.2 Å². The summed E-state index contributed by atoms with van der Waals surface area (Å²) < 4.78 is 0. The lowest BCUT2D eigenvalue weighted by molar-refractivity contribution is -0.143. The van der Waals surface area contributed by atoms with E-state index in [0.717, 1.165) is 25.8 Å². The number of hydrogen-bond acceptors (Lipinski definition) is 3. The summed E-state index contributed by atoms with van der Waals surface area (Å²) in [7, 11) is 0. The van der Waals surface area contributed by atoms with Gasteiger partial charge < -0.3 is 15.7 Å². The Morgan fingerprint density at radius 1 is 1.16 bits per heavy atom. The van der Waals surface area contributed by atoms with Crippen LogP contribution in [0.5, 0.6) is 0 Å². The van der Waals surface area contributed by atoms with E-state index < -0.39 is 0 Å². The van der Waals surface area contributed by atoms with Crippen molar-refractivity contribution < 1.29 is 9.90 Å². The van der Waals surface area contributed by atoms with E-state index in [9.17, 15) is 9.90 Å². The van der Waals surface area contributed by atoms with Gasteiger partial charge in [-0.3, -0.25) is 4.79 Å². The van der Waals surface area contributed by atoms with Gasteiger partial charge in [0.15, 0.2) is 0 Å². The number of rotatable bonds is 1. The van der Waals surface area contributed by atoms with E-state index in [-0.39, 0.29) is 24.0 Å². The average Bonchev–Trinajstić information content (AvgIpc) is 2.36. The van der Waals surface area contributed by atoms with Crippen molar-refractivity contribution in [2.24, 2.45) is 29.4 Å². The number of β-amino-alcohol motifs (C(OH)–C–C–N with tert-alkyl or cyclic N) is 1. The van der Waals surface area contributed by atoms with Gasteiger partial charge in [0.25, 0.3) is 0 Å². The lowest BCUT2D eigenvalue weighted by Crippen LogP contribution is -2.51. The largest absolute Gasteiger partial charge is 0.391 e. The van der Waals surface area contributed by atoms with E-state index in [2.05, 4.69) is 13.8 Å². The topological polar surface area (TPSA) is 66.6 Å². The fourth-order valence-corrected chi connectivity index (χ4v) is 3.51. The Labute approximate surface area is 116 Å². The van der Waals surface area contributed by atoms with Gasteiger partial charge in [0.2, 0.25) is 5.91 Å². The van der Waals surface area contributed by atoms with Crippen molar-refractivity contribution in [3.63, 3.8) is 0 Å². The minimum absolute atomic E-state index is 0.0480. The molecular formula is C15H28N2O2. The van der Waals surface area contributed by atoms with E-state index in [0.29, 0.717) is 24.3 Å². The number of amides is 1. The Morgan fingerprint density at radius 3 is 2.47 bits per heavy atom. The summed E-state index contributed by atoms with van der Waals surface area (Å²) in [6.45, 7) is 7.66. The lowest BCUT2D eigenvalue weighted by atomic mass is 9.72. The molecule has 1 saturated heterocycles. The molecule has 2 fully saturated rings. The molecule has 0 aromatic carbocycles. The zero-order chi connectivity index (χ0) is 14.2. The number of aliphatic hydroxyl groups is 1. The highest BCUT2D eigenvalue weighted by atomic mass is 16.3. The highest BCUT2D eigenvalue weighted by molar-refractivity contribution is 5.79. The van der Waals surface area contributed by atoms with Crippen molar-refractivity contribution in [1.82, 2.24) is 4.90 Å². The monoisotopic (exact) mass is 268 g/mol. The molecule has 1 amide bonds. The van der Waals surface area contributed by atoms with E-state index in [1.54, 1.807) is 0 Å². The average molecular weight is 268 g/mol. The van der Waals surface area contributed by atoms with Gasteiger partial charge in [0.1, 0.15) is 0 Å². The first kappa shape index (κ1) is 14.8. The molecule has 0 spiro atoms. The molecule has 3 N–H and O–H groups in total. The highest BCUT2D eigenvalue weighted by Crippen LogP contribution is 2.34. The molecular weight excluding hydrogens is 240 g/mol. The quantitative estimate of drug-likeness (QED) is 0.751. The summed E-state index contributed by atoms with van der Waals surface area (Å²) in [6.07, 6.45) is 2.36. The van der Waals surface area contributed by atoms with Gasteiger partial charge in [0.05, 0.1) is 6.10 Å². The van der Waals surface area contributed by atoms with Crippen molar-refractivity contribution >= 4 is 5.91 Å². The molecule has 6 unspecified atom stereocenters. The molecule has 1 aliphatic carbocycles. The SMILES string of the molecule is CC1CC(C)C(C(=O)N2CCC(C)C(O)C2)CC1N. The van der Waals surface area contributed by atoms with Gasteiger partial charge in [0, 0.05) is 25.0 Å². The van der Waals surface area contributed by atoms with Crippen LogP contribution in [0.1, 0.15) is 40.0 Å². The van der Waals surface area contributed by atoms with Gasteiger partial charge in [-0.1, -0.05) is 20.8 Å². The van der Waals surface area contributed by atoms with Gasteiger partial charge in [-0.15, -0.1) is 0 Å². The number of piperidine rings is 1. The maximum Gasteiger partial charge on any atom is 0.226 e. The van der Waals surface area contributed by atoms with Crippen LogP contribution in [0.2, 0.25) is 0 Å². The van der Waals surface area contributed by atoms with Crippen molar-refractivity contribution in [3.8, 4) is 0 Å². The van der Waals surface area contributed by atoms with E-state index in [1.165, 1.54) is 0 Å². The standard InChI is InChI=1S/C15H28N2O2/c1-9-4-5-17(8-14(9)18)15(19)12-7-13(16)11(3)6-10(12)2/h9-14,18H,4-8,16H2,1-3H3. The van der Waals surface area contributed by atoms with Crippen LogP contribution in [0.3, 0.4) is 0 Å². The second-order valence-corrected chi connectivity index (χ2v) is 6.81. The predicted molar refractivity (Wildman–Crippen MR) is 75.4 cm³/mol. The third-order valence-corrected chi connectivity index (χ3v) is 5.23. The van der Waals surface area contributed by atoms with Crippen LogP contribution in [0.25, 0.3) is 0 Å². The summed E-state index contributed by atoms with van der Waals surface area (Å²) in [5.74, 6) is 1.47. The molecule has 4 nitrogen and oxygen atoms in total. The zero-order valence-electron chi connectivity index (χ0n) is 12.4. The number of nitrogens with two attached hydrogens (primary N) is 1. The minimum atomic E-state index is -0.371. The summed E-state index contributed by atoms with van der Waals surface area (Å²) in [5, 5.41) is 9.94. The lowest BCUT2D eigenvalue weighted by Gasteiger charge is -2.41. The summed E-state index contributed by atoms with van der Waals surface area (Å²) >= 11 is 0. The van der Waals surface area contributed by atoms with Crippen LogP contribution in [0, 0.1) is 23.7 Å². The van der Waals surface area contributed by atoms with Crippen molar-refractivity contribution in [3.05, 3.63) is 0 Å². The molecule has 2 rings (SSSR count). The molecule has 2 aliphatic rings. The first-order valence-electron chi connectivity index (χ1n) is 7.62. The van der Waals surface area contributed by atoms with Crippen LogP contribution in [0.4, 0.5) is 0 Å². The maximum atomic E-state index is 12.6. The highest BCUT2D eigenvalue weighted by Gasteiger charge is 2.38. The molecule has 0 aromatic rings. The van der Waals surface area contributed by atoms with Gasteiger partial charge >= 0.3 is 0 Å². The van der Waals surface area contributed by atoms with Crippen LogP contribution in [-0.4, -0.2) is 41.1 Å². The fraction of sp³-hybridized carbons (Fsp3) is 0.933. The second kappa shape index (κ2) is 5.80. The Bertz CT molecular complexity index is 334. The molecule has 0 aromatic heterocycles. The number of carbonyl (C=O) groups excluding carboxylic acids is 1. The molecule has 1 aliphatic heterocycles. The summed E-state index contributed by atoms with van der Waals surface area (Å²) in [5.41, 5.74) is 6.13. The molecule has 110 valence electrons. The Balaban J connectivity index is 1.99. The van der Waals surface area contributed by atoms with E-state index in [4.69, 9.17) is 5.73 Å². The smallest absolute Gasteiger partial charge is 0.226 e. The first-order valence-corrected chi connectivity index (χ1v) is 7.62. The maximum absolute atomic E-state index is 12.6. The van der Waals surface area contributed by atoms with Crippen molar-refractivity contribution in [1.29, 1.82) is 0 Å². The number of nitrogens with zero attached hydrogens (tertiary/aromatic N) is 1. The Morgan fingerprint density at radius 2 is 1.84 bits per heavy atom. The number of aliphatic hydroxyl groups excluding tert-OH is 1. The first-order chi connectivity index (χ1) is 8.90. The van der Waals surface area contributed by atoms with E-state index >= 15 is 0 Å². The number of carbonyl (C=O) groups is 1. The third-order valence-electron chi connectivity index (χ3n) is 5.23. The number of hydrogen-bond donors (Lipinski definition) is 2. The molecule has 0 radical (unpaired) electrons. The summed E-state index contributed by atoms with van der Waals surface area (Å²) in [6, 6.07) is 0.138. The Kier molecular flexibility index (Phi) is 4.51. The van der Waals surface area contributed by atoms with Crippen molar-refractivity contribution in [2.75, 3.05) is 13.1 Å². The van der Waals surface area contributed by atoms with E-state index in [1.807, 2.05) is 11.8 Å². The fourth-order valence-electron chi connectivity index (χ4n) is 3.51. The molecule has 6 atom stereocenters. The molecule has 19 heavy (non-hydrogen) atoms. The third kappa shape index (κ3) is 3.11. The van der Waals surface area contributed by atoms with Gasteiger partial charge in [-0.05, 0) is 37.0 Å². The number of likely N-dealkylation sites (tertiary alicyclic amines) is 1. The second-order valence-electron chi connectivity index (χ2n) is 6.81. The Hall–Kier alpha value is -0.610. The molecule has 1 saturated carbocycles. The normalized spacial score (nSPS) is 44.2. The molecule has 4 heteroatoms. The van der Waals surface area contributed by atoms with Gasteiger partial charge in [-0.25, -0.2) is 0 Å². The van der Waals surface area contributed by atoms with Crippen LogP contribution < -0.4 is 5.73 Å².